The van der Waals surface area contributed by atoms with E-state index in [-0.39, 0.29) is 5.78 Å². The fourth-order valence-corrected chi connectivity index (χ4v) is 1.98. The lowest BCUT2D eigenvalue weighted by molar-refractivity contribution is -0.129. The summed E-state index contributed by atoms with van der Waals surface area (Å²) < 4.78 is 5.05. The summed E-state index contributed by atoms with van der Waals surface area (Å²) in [7, 11) is 0. The number of hydrogen-bond acceptors (Lipinski definition) is 5. The predicted octanol–water partition coefficient (Wildman–Crippen LogP) is 4.04. The molecule has 0 spiro atoms. The lowest BCUT2D eigenvalue weighted by Gasteiger charge is -2.15. The first-order valence-electron chi connectivity index (χ1n) is 7.10. The number of unbranched alkanes of at least 4 members (excludes halogenated alkanes) is 3. The Labute approximate surface area is 124 Å². The van der Waals surface area contributed by atoms with Crippen molar-refractivity contribution >= 4 is 18.7 Å². The van der Waals surface area contributed by atoms with Crippen molar-refractivity contribution in [1.82, 2.24) is 0 Å². The van der Waals surface area contributed by atoms with Gasteiger partial charge in [0.1, 0.15) is 0 Å². The summed E-state index contributed by atoms with van der Waals surface area (Å²) >= 11 is 0. The highest BCUT2D eigenvalue weighted by molar-refractivity contribution is 5.86. The van der Waals surface area contributed by atoms with Gasteiger partial charge in [0, 0.05) is 18.7 Å². The molecule has 5 heteroatoms. The van der Waals surface area contributed by atoms with Crippen LogP contribution in [-0.4, -0.2) is 18.7 Å². The Kier molecular flexibility index (Phi) is 7.79. The average molecular weight is 291 g/mol. The Morgan fingerprint density at radius 2 is 1.90 bits per heavy atom. The quantitative estimate of drug-likeness (QED) is 0.226. The summed E-state index contributed by atoms with van der Waals surface area (Å²) in [5.74, 6) is -0.140. The monoisotopic (exact) mass is 291 g/mol. The Bertz CT molecular complexity index is 459. The summed E-state index contributed by atoms with van der Waals surface area (Å²) in [5, 5.41) is 2.99. The van der Waals surface area contributed by atoms with Crippen LogP contribution in [0.4, 0.5) is 4.79 Å². The zero-order chi connectivity index (χ0) is 15.5. The first-order chi connectivity index (χ1) is 10.2. The van der Waals surface area contributed by atoms with Gasteiger partial charge in [0.15, 0.2) is 11.9 Å². The largest absolute Gasteiger partial charge is 0.536 e. The van der Waals surface area contributed by atoms with Crippen LogP contribution in [0.5, 0.6) is 0 Å². The Morgan fingerprint density at radius 3 is 2.52 bits per heavy atom. The molecule has 5 nitrogen and oxygen atoms in total. The first kappa shape index (κ1) is 16.9. The van der Waals surface area contributed by atoms with Crippen LogP contribution in [0.15, 0.2) is 35.5 Å². The molecule has 0 aliphatic carbocycles. The van der Waals surface area contributed by atoms with E-state index in [1.807, 2.05) is 6.07 Å². The molecule has 0 bridgehead atoms. The smallest absolute Gasteiger partial charge is 0.416 e. The van der Waals surface area contributed by atoms with Crippen molar-refractivity contribution < 1.29 is 19.2 Å². The van der Waals surface area contributed by atoms with E-state index < -0.39 is 12.3 Å². The van der Waals surface area contributed by atoms with Crippen LogP contribution in [0.1, 0.15) is 50.7 Å². The Hall–Kier alpha value is -2.17. The van der Waals surface area contributed by atoms with E-state index in [4.69, 9.17) is 4.74 Å². The number of oxime groups is 1. The van der Waals surface area contributed by atoms with Crippen molar-refractivity contribution in [2.24, 2.45) is 5.16 Å². The van der Waals surface area contributed by atoms with Crippen LogP contribution in [0.2, 0.25) is 0 Å². The molecule has 0 aliphatic rings. The van der Waals surface area contributed by atoms with Crippen LogP contribution in [0.3, 0.4) is 0 Å². The average Bonchev–Trinajstić information content (AvgIpc) is 2.50. The van der Waals surface area contributed by atoms with Gasteiger partial charge in [-0.05, 0) is 6.42 Å². The highest BCUT2D eigenvalue weighted by Gasteiger charge is 2.25. The normalized spacial score (nSPS) is 11.5. The first-order valence-corrected chi connectivity index (χ1v) is 7.10. The SMILES string of the molecule is C=NOC(=O)OC(C(=O)CCCCCC)c1ccccc1. The molecule has 0 heterocycles. The number of carbonyl (C=O) groups excluding carboxylic acids is 2. The third-order valence-corrected chi connectivity index (χ3v) is 3.02. The second-order valence-corrected chi connectivity index (χ2v) is 4.66. The maximum Gasteiger partial charge on any atom is 0.536 e. The van der Waals surface area contributed by atoms with Crippen molar-refractivity contribution in [1.29, 1.82) is 0 Å². The van der Waals surface area contributed by atoms with Gasteiger partial charge < -0.3 is 4.74 Å². The van der Waals surface area contributed by atoms with Gasteiger partial charge in [0.25, 0.3) is 0 Å². The van der Waals surface area contributed by atoms with Crippen LogP contribution in [-0.2, 0) is 14.4 Å². The van der Waals surface area contributed by atoms with E-state index in [2.05, 4.69) is 23.6 Å². The number of carbonyl (C=O) groups is 2. The number of ketones is 1. The molecule has 0 radical (unpaired) electrons. The molecule has 1 aromatic rings. The van der Waals surface area contributed by atoms with E-state index in [9.17, 15) is 9.59 Å². The van der Waals surface area contributed by atoms with E-state index in [0.717, 1.165) is 25.7 Å². The fourth-order valence-electron chi connectivity index (χ4n) is 1.98. The summed E-state index contributed by atoms with van der Waals surface area (Å²) in [4.78, 5) is 27.9. The number of ether oxygens (including phenoxy) is 1. The molecular weight excluding hydrogens is 270 g/mol. The highest BCUT2D eigenvalue weighted by Crippen LogP contribution is 2.22. The van der Waals surface area contributed by atoms with Gasteiger partial charge in [0.05, 0.1) is 0 Å². The second-order valence-electron chi connectivity index (χ2n) is 4.66. The van der Waals surface area contributed by atoms with Crippen LogP contribution >= 0.6 is 0 Å². The van der Waals surface area contributed by atoms with Gasteiger partial charge in [-0.25, -0.2) is 4.79 Å². The van der Waals surface area contributed by atoms with Crippen molar-refractivity contribution in [2.75, 3.05) is 0 Å². The molecule has 0 N–H and O–H groups in total. The number of nitrogens with zero attached hydrogens (tertiary/aromatic N) is 1. The number of rotatable bonds is 9. The van der Waals surface area contributed by atoms with Crippen molar-refractivity contribution in [3.63, 3.8) is 0 Å². The van der Waals surface area contributed by atoms with E-state index in [0.29, 0.717) is 12.0 Å². The van der Waals surface area contributed by atoms with Crippen molar-refractivity contribution in [3.05, 3.63) is 35.9 Å². The Morgan fingerprint density at radius 1 is 1.19 bits per heavy atom. The van der Waals surface area contributed by atoms with Gasteiger partial charge in [0.2, 0.25) is 0 Å². The lowest BCUT2D eigenvalue weighted by atomic mass is 10.0. The molecule has 0 amide bonds. The lowest BCUT2D eigenvalue weighted by Crippen LogP contribution is -2.19. The number of hydrogen-bond donors (Lipinski definition) is 0. The minimum absolute atomic E-state index is 0.140. The van der Waals surface area contributed by atoms with Gasteiger partial charge in [-0.1, -0.05) is 61.7 Å². The second kappa shape index (κ2) is 9.69. The maximum absolute atomic E-state index is 12.3. The van der Waals surface area contributed by atoms with E-state index >= 15 is 0 Å². The number of Topliss-reactive ketones (excluding diaryl/α,β-unsaturated/α-hetero) is 1. The van der Waals surface area contributed by atoms with Crippen LogP contribution in [0, 0.1) is 0 Å². The molecule has 1 unspecified atom stereocenters. The van der Waals surface area contributed by atoms with Crippen LogP contribution in [0.25, 0.3) is 0 Å². The van der Waals surface area contributed by atoms with Gasteiger partial charge in [-0.15, -0.1) is 0 Å². The summed E-state index contributed by atoms with van der Waals surface area (Å²) in [6.07, 6.45) is 2.35. The summed E-state index contributed by atoms with van der Waals surface area (Å²) in [6, 6.07) is 8.88. The topological polar surface area (TPSA) is 65.0 Å². The molecule has 114 valence electrons. The fraction of sp³-hybridized carbons (Fsp3) is 0.438. The molecule has 0 aromatic heterocycles. The van der Waals surface area contributed by atoms with Crippen molar-refractivity contribution in [3.8, 4) is 0 Å². The minimum atomic E-state index is -1.03. The maximum atomic E-state index is 12.3. The third kappa shape index (κ3) is 6.21. The molecular formula is C16H21NO4. The zero-order valence-electron chi connectivity index (χ0n) is 12.3. The van der Waals surface area contributed by atoms with Gasteiger partial charge in [-0.3, -0.25) is 9.63 Å². The molecule has 21 heavy (non-hydrogen) atoms. The summed E-state index contributed by atoms with van der Waals surface area (Å²) in [6.45, 7) is 5.14. The molecule has 0 aliphatic heterocycles. The third-order valence-electron chi connectivity index (χ3n) is 3.02. The molecule has 0 saturated carbocycles. The predicted molar refractivity (Wildman–Crippen MR) is 80.1 cm³/mol. The standard InChI is InChI=1S/C16H21NO4/c1-3-4-5-9-12-14(18)15(20-16(19)21-17-2)13-10-7-6-8-11-13/h6-8,10-11,15H,2-5,9,12H2,1H3. The van der Waals surface area contributed by atoms with Gasteiger partial charge in [-0.2, -0.15) is 0 Å². The Balaban J connectivity index is 2.69. The number of benzene rings is 1. The molecule has 1 rings (SSSR count). The highest BCUT2D eigenvalue weighted by atomic mass is 16.8. The molecule has 1 atom stereocenters. The molecule has 1 aromatic carbocycles. The van der Waals surface area contributed by atoms with Crippen molar-refractivity contribution in [2.45, 2.75) is 45.1 Å². The summed E-state index contributed by atoms with van der Waals surface area (Å²) in [5.41, 5.74) is 0.624. The zero-order valence-corrected chi connectivity index (χ0v) is 12.3. The van der Waals surface area contributed by atoms with E-state index in [1.54, 1.807) is 24.3 Å². The van der Waals surface area contributed by atoms with Crippen LogP contribution < -0.4 is 0 Å². The van der Waals surface area contributed by atoms with Gasteiger partial charge >= 0.3 is 6.16 Å². The minimum Gasteiger partial charge on any atom is -0.416 e. The van der Waals surface area contributed by atoms with E-state index in [1.165, 1.54) is 0 Å². The molecule has 0 saturated heterocycles. The molecule has 0 fully saturated rings.